The number of allylic oxidation sites excluding steroid dienone is 8. The Bertz CT molecular complexity index is 1060. The maximum absolute atomic E-state index is 12.7. The predicted molar refractivity (Wildman–Crippen MR) is 231 cm³/mol. The summed E-state index contributed by atoms with van der Waals surface area (Å²) in [6.45, 7) is 4.51. The molecule has 0 radical (unpaired) electrons. The number of rotatable bonds is 40. The Labute approximate surface area is 344 Å². The van der Waals surface area contributed by atoms with Crippen LogP contribution in [-0.2, 0) is 28.6 Å². The Balaban J connectivity index is 4.28. The number of hydrogen-bond acceptors (Lipinski definition) is 7. The number of likely N-dealkylation sites (N-methyl/N-ethyl adjacent to an activating group) is 1. The van der Waals surface area contributed by atoms with Crippen LogP contribution in [0.25, 0.3) is 0 Å². The lowest BCUT2D eigenvalue weighted by atomic mass is 10.1. The first-order valence-electron chi connectivity index (χ1n) is 22.7. The number of hydrogen-bond donors (Lipinski definition) is 0. The van der Waals surface area contributed by atoms with Crippen LogP contribution < -0.4 is 5.11 Å². The number of carboxylic acids is 1. The number of nitrogens with zero attached hydrogens (tertiary/aromatic N) is 1. The van der Waals surface area contributed by atoms with Gasteiger partial charge in [0.15, 0.2) is 6.10 Å². The molecular weight excluding hydrogens is 703 g/mol. The molecule has 0 rings (SSSR count). The van der Waals surface area contributed by atoms with Crippen molar-refractivity contribution in [1.29, 1.82) is 0 Å². The van der Waals surface area contributed by atoms with Crippen LogP contribution in [0.2, 0.25) is 0 Å². The van der Waals surface area contributed by atoms with Gasteiger partial charge in [-0.25, -0.2) is 0 Å². The van der Waals surface area contributed by atoms with Crippen molar-refractivity contribution in [2.45, 2.75) is 199 Å². The maximum Gasteiger partial charge on any atom is 0.306 e. The van der Waals surface area contributed by atoms with Crippen LogP contribution in [0.4, 0.5) is 0 Å². The molecule has 8 heteroatoms. The molecular formula is C48H85NO7. The fourth-order valence-corrected chi connectivity index (χ4v) is 6.45. The van der Waals surface area contributed by atoms with E-state index < -0.39 is 18.1 Å². The standard InChI is InChI=1S/C48H85NO7/c1-6-8-10-12-14-16-18-20-21-22-23-24-25-26-27-29-30-32-34-36-38-46(50)55-43-44(42-54-41-40-45(48(52)53)49(3,4)5)56-47(51)39-37-35-33-31-28-19-17-15-13-11-9-7-2/h9,11,15-18,20-21,44-45H,6-8,10,12-14,19,22-43H2,1-5H3/b11-9+,17-15+,18-16+,21-20+. The molecule has 324 valence electrons. The van der Waals surface area contributed by atoms with Crippen molar-refractivity contribution in [2.24, 2.45) is 0 Å². The van der Waals surface area contributed by atoms with E-state index in [1.807, 2.05) is 0 Å². The summed E-state index contributed by atoms with van der Waals surface area (Å²) >= 11 is 0. The minimum absolute atomic E-state index is 0.0334. The summed E-state index contributed by atoms with van der Waals surface area (Å²) in [5, 5.41) is 11.6. The van der Waals surface area contributed by atoms with Crippen molar-refractivity contribution in [3.8, 4) is 0 Å². The Morgan fingerprint density at radius 2 is 1.05 bits per heavy atom. The molecule has 0 amide bonds. The number of esters is 2. The minimum Gasteiger partial charge on any atom is -0.544 e. The number of quaternary nitrogens is 1. The molecule has 0 aliphatic heterocycles. The van der Waals surface area contributed by atoms with Crippen molar-refractivity contribution in [2.75, 3.05) is 41.0 Å². The average molecular weight is 788 g/mol. The highest BCUT2D eigenvalue weighted by molar-refractivity contribution is 5.70. The third-order valence-electron chi connectivity index (χ3n) is 9.98. The molecule has 0 aromatic rings. The zero-order valence-electron chi connectivity index (χ0n) is 36.8. The molecule has 0 saturated heterocycles. The molecule has 0 fully saturated rings. The second-order valence-electron chi connectivity index (χ2n) is 16.3. The lowest BCUT2D eigenvalue weighted by Gasteiger charge is -2.34. The first kappa shape index (κ1) is 53.3. The second kappa shape index (κ2) is 39.1. The van der Waals surface area contributed by atoms with E-state index in [1.165, 1.54) is 83.5 Å². The first-order valence-corrected chi connectivity index (χ1v) is 22.7. The highest BCUT2D eigenvalue weighted by Gasteiger charge is 2.25. The molecule has 0 aliphatic rings. The summed E-state index contributed by atoms with van der Waals surface area (Å²) in [5.74, 6) is -1.76. The zero-order valence-corrected chi connectivity index (χ0v) is 36.8. The number of aliphatic carboxylic acids is 1. The van der Waals surface area contributed by atoms with Gasteiger partial charge in [0.2, 0.25) is 0 Å². The summed E-state index contributed by atoms with van der Waals surface area (Å²) in [4.78, 5) is 36.8. The number of carboxylic acid groups (broad SMARTS) is 1. The number of ether oxygens (including phenoxy) is 3. The number of carbonyl (C=O) groups excluding carboxylic acids is 3. The van der Waals surface area contributed by atoms with Crippen LogP contribution in [0, 0.1) is 0 Å². The molecule has 0 heterocycles. The van der Waals surface area contributed by atoms with Crippen LogP contribution in [0.1, 0.15) is 187 Å². The van der Waals surface area contributed by atoms with Crippen molar-refractivity contribution in [1.82, 2.24) is 0 Å². The predicted octanol–water partition coefficient (Wildman–Crippen LogP) is 11.1. The Hall–Kier alpha value is -2.71. The quantitative estimate of drug-likeness (QED) is 0.0200. The largest absolute Gasteiger partial charge is 0.544 e. The van der Waals surface area contributed by atoms with Gasteiger partial charge in [0, 0.05) is 19.3 Å². The molecule has 0 aliphatic carbocycles. The zero-order chi connectivity index (χ0) is 41.4. The highest BCUT2D eigenvalue weighted by atomic mass is 16.6. The first-order chi connectivity index (χ1) is 27.1. The van der Waals surface area contributed by atoms with Crippen LogP contribution >= 0.6 is 0 Å². The lowest BCUT2D eigenvalue weighted by molar-refractivity contribution is -0.889. The summed E-state index contributed by atoms with van der Waals surface area (Å²) in [7, 11) is 5.40. The summed E-state index contributed by atoms with van der Waals surface area (Å²) in [5.41, 5.74) is 0. The topological polar surface area (TPSA) is 102 Å². The molecule has 2 atom stereocenters. The van der Waals surface area contributed by atoms with E-state index in [-0.39, 0.29) is 42.7 Å². The number of carbonyl (C=O) groups is 3. The van der Waals surface area contributed by atoms with Crippen molar-refractivity contribution in [3.05, 3.63) is 48.6 Å². The molecule has 2 unspecified atom stereocenters. The molecule has 0 bridgehead atoms. The molecule has 0 aromatic heterocycles. The van der Waals surface area contributed by atoms with Crippen LogP contribution in [-0.4, -0.2) is 75.5 Å². The van der Waals surface area contributed by atoms with E-state index in [2.05, 4.69) is 62.5 Å². The molecule has 0 N–H and O–H groups in total. The maximum atomic E-state index is 12.7. The monoisotopic (exact) mass is 788 g/mol. The van der Waals surface area contributed by atoms with Gasteiger partial charge >= 0.3 is 11.9 Å². The molecule has 56 heavy (non-hydrogen) atoms. The van der Waals surface area contributed by atoms with E-state index in [9.17, 15) is 19.5 Å². The highest BCUT2D eigenvalue weighted by Crippen LogP contribution is 2.14. The summed E-state index contributed by atoms with van der Waals surface area (Å²) in [6.07, 6.45) is 45.6. The minimum atomic E-state index is -1.13. The van der Waals surface area contributed by atoms with E-state index in [0.717, 1.165) is 70.6 Å². The normalized spacial score (nSPS) is 13.4. The number of unbranched alkanes of at least 4 members (excludes halogenated alkanes) is 19. The van der Waals surface area contributed by atoms with Gasteiger partial charge in [0.05, 0.1) is 40.3 Å². The SMILES string of the molecule is CC/C=C/C/C=C/CCCCCCCC(=O)OC(COCCC(C(=O)[O-])[N+](C)(C)C)COC(=O)CCCCCCCCCCCC/C=C/C=C/CCCCCC. The van der Waals surface area contributed by atoms with Crippen molar-refractivity contribution in [3.63, 3.8) is 0 Å². The molecule has 0 spiro atoms. The van der Waals surface area contributed by atoms with Gasteiger partial charge in [-0.3, -0.25) is 9.59 Å². The van der Waals surface area contributed by atoms with E-state index in [0.29, 0.717) is 12.8 Å². The van der Waals surface area contributed by atoms with Crippen LogP contribution in [0.5, 0.6) is 0 Å². The van der Waals surface area contributed by atoms with Gasteiger partial charge < -0.3 is 28.6 Å². The van der Waals surface area contributed by atoms with E-state index in [1.54, 1.807) is 21.1 Å². The Morgan fingerprint density at radius 3 is 1.57 bits per heavy atom. The molecule has 8 nitrogen and oxygen atoms in total. The fourth-order valence-electron chi connectivity index (χ4n) is 6.45. The van der Waals surface area contributed by atoms with Crippen LogP contribution in [0.3, 0.4) is 0 Å². The van der Waals surface area contributed by atoms with Crippen molar-refractivity contribution >= 4 is 17.9 Å². The van der Waals surface area contributed by atoms with E-state index in [4.69, 9.17) is 14.2 Å². The third kappa shape index (κ3) is 36.9. The van der Waals surface area contributed by atoms with Gasteiger partial charge in [0.25, 0.3) is 0 Å². The van der Waals surface area contributed by atoms with Gasteiger partial charge in [-0.2, -0.15) is 0 Å². The Morgan fingerprint density at radius 1 is 0.571 bits per heavy atom. The summed E-state index contributed by atoms with van der Waals surface area (Å²) in [6, 6.07) is -0.729. The van der Waals surface area contributed by atoms with Crippen molar-refractivity contribution < 1.29 is 38.2 Å². The van der Waals surface area contributed by atoms with Gasteiger partial charge in [-0.05, 0) is 64.2 Å². The average Bonchev–Trinajstić information content (AvgIpc) is 3.15. The Kier molecular flexibility index (Phi) is 37.2. The third-order valence-corrected chi connectivity index (χ3v) is 9.98. The lowest BCUT2D eigenvalue weighted by Crippen LogP contribution is -2.55. The van der Waals surface area contributed by atoms with E-state index >= 15 is 0 Å². The van der Waals surface area contributed by atoms with Gasteiger partial charge in [-0.15, -0.1) is 0 Å². The van der Waals surface area contributed by atoms with Gasteiger partial charge in [-0.1, -0.05) is 152 Å². The van der Waals surface area contributed by atoms with Gasteiger partial charge in [0.1, 0.15) is 12.6 Å². The molecule has 0 saturated carbocycles. The summed E-state index contributed by atoms with van der Waals surface area (Å²) < 4.78 is 17.1. The second-order valence-corrected chi connectivity index (χ2v) is 16.3. The fraction of sp³-hybridized carbons (Fsp3) is 0.771. The smallest absolute Gasteiger partial charge is 0.306 e. The van der Waals surface area contributed by atoms with Crippen LogP contribution in [0.15, 0.2) is 48.6 Å². The molecule has 0 aromatic carbocycles.